The van der Waals surface area contributed by atoms with Crippen molar-refractivity contribution >= 4 is 11.8 Å². The fraction of sp³-hybridized carbons (Fsp3) is 0.583. The number of rotatable bonds is 2. The second-order valence-corrected chi connectivity index (χ2v) is 4.60. The zero-order chi connectivity index (χ0) is 13.1. The lowest BCUT2D eigenvalue weighted by Gasteiger charge is -2.19. The summed E-state index contributed by atoms with van der Waals surface area (Å²) in [4.78, 5) is 25.1. The van der Waals surface area contributed by atoms with Crippen molar-refractivity contribution in [2.45, 2.75) is 26.8 Å². The van der Waals surface area contributed by atoms with Crippen molar-refractivity contribution in [1.82, 2.24) is 20.0 Å². The van der Waals surface area contributed by atoms with Gasteiger partial charge in [0.25, 0.3) is 0 Å². The van der Waals surface area contributed by atoms with Gasteiger partial charge < -0.3 is 10.2 Å². The van der Waals surface area contributed by atoms with E-state index in [0.717, 1.165) is 17.8 Å². The molecule has 2 amide bonds. The second-order valence-electron chi connectivity index (χ2n) is 4.60. The summed E-state index contributed by atoms with van der Waals surface area (Å²) < 4.78 is 1.68. The van der Waals surface area contributed by atoms with Crippen LogP contribution in [0.5, 0.6) is 0 Å². The molecule has 1 aromatic rings. The first-order valence-electron chi connectivity index (χ1n) is 6.12. The molecule has 0 radical (unpaired) electrons. The van der Waals surface area contributed by atoms with Crippen molar-refractivity contribution in [3.63, 3.8) is 0 Å². The van der Waals surface area contributed by atoms with Gasteiger partial charge >= 0.3 is 0 Å². The van der Waals surface area contributed by atoms with Gasteiger partial charge in [0, 0.05) is 18.8 Å². The molecule has 2 rings (SSSR count). The highest BCUT2D eigenvalue weighted by Crippen LogP contribution is 2.04. The highest BCUT2D eigenvalue weighted by atomic mass is 16.2. The molecule has 1 fully saturated rings. The molecule has 1 aliphatic rings. The Morgan fingerprint density at radius 3 is 2.94 bits per heavy atom. The maximum Gasteiger partial charge on any atom is 0.244 e. The number of hydrogen-bond donors (Lipinski definition) is 1. The van der Waals surface area contributed by atoms with Crippen LogP contribution in [0.2, 0.25) is 0 Å². The molecule has 0 spiro atoms. The lowest BCUT2D eigenvalue weighted by Crippen LogP contribution is -2.39. The first kappa shape index (κ1) is 12.6. The molecule has 0 unspecified atom stereocenters. The minimum absolute atomic E-state index is 0.0572. The number of amides is 2. The van der Waals surface area contributed by atoms with E-state index in [1.54, 1.807) is 9.58 Å². The Bertz CT molecular complexity index is 467. The second kappa shape index (κ2) is 5.20. The third-order valence-corrected chi connectivity index (χ3v) is 3.00. The summed E-state index contributed by atoms with van der Waals surface area (Å²) in [5.74, 6) is -0.146. The first-order chi connectivity index (χ1) is 8.56. The third kappa shape index (κ3) is 2.88. The third-order valence-electron chi connectivity index (χ3n) is 3.00. The molecule has 0 aliphatic carbocycles. The largest absolute Gasteiger partial charge is 0.354 e. The standard InChI is InChI=1S/C12H18N4O2/c1-9-6-10(2)16(14-9)8-12(18)15-5-3-4-13-11(17)7-15/h6H,3-5,7-8H2,1-2H3,(H,13,17). The molecule has 0 bridgehead atoms. The van der Waals surface area contributed by atoms with Crippen LogP contribution in [-0.2, 0) is 16.1 Å². The Labute approximate surface area is 106 Å². The topological polar surface area (TPSA) is 67.2 Å². The number of nitrogens with zero attached hydrogens (tertiary/aromatic N) is 3. The summed E-state index contributed by atoms with van der Waals surface area (Å²) in [6, 6.07) is 1.93. The van der Waals surface area contributed by atoms with Crippen LogP contribution in [0.3, 0.4) is 0 Å². The highest BCUT2D eigenvalue weighted by molar-refractivity contribution is 5.85. The van der Waals surface area contributed by atoms with E-state index in [1.807, 2.05) is 19.9 Å². The Balaban J connectivity index is 2.02. The molecule has 6 heteroatoms. The fourth-order valence-electron chi connectivity index (χ4n) is 2.08. The zero-order valence-electron chi connectivity index (χ0n) is 10.8. The van der Waals surface area contributed by atoms with Crippen LogP contribution in [0, 0.1) is 13.8 Å². The number of aryl methyl sites for hydroxylation is 2. The van der Waals surface area contributed by atoms with Crippen molar-refractivity contribution in [2.75, 3.05) is 19.6 Å². The van der Waals surface area contributed by atoms with E-state index in [9.17, 15) is 9.59 Å². The molecule has 0 aromatic carbocycles. The predicted octanol–water partition coefficient (Wildman–Crippen LogP) is -0.152. The van der Waals surface area contributed by atoms with Gasteiger partial charge in [-0.1, -0.05) is 0 Å². The molecule has 98 valence electrons. The minimum Gasteiger partial charge on any atom is -0.354 e. The smallest absolute Gasteiger partial charge is 0.244 e. The van der Waals surface area contributed by atoms with E-state index < -0.39 is 0 Å². The average Bonchev–Trinajstić information content (AvgIpc) is 2.52. The Kier molecular flexibility index (Phi) is 3.64. The maximum atomic E-state index is 12.1. The molecule has 6 nitrogen and oxygen atoms in total. The van der Waals surface area contributed by atoms with E-state index >= 15 is 0 Å². The molecule has 1 N–H and O–H groups in total. The van der Waals surface area contributed by atoms with Crippen LogP contribution in [0.4, 0.5) is 0 Å². The van der Waals surface area contributed by atoms with E-state index in [2.05, 4.69) is 10.4 Å². The number of carbonyl (C=O) groups excluding carboxylic acids is 2. The van der Waals surface area contributed by atoms with Gasteiger partial charge in [0.05, 0.1) is 12.2 Å². The van der Waals surface area contributed by atoms with Gasteiger partial charge in [-0.2, -0.15) is 5.10 Å². The van der Waals surface area contributed by atoms with E-state index in [1.165, 1.54) is 0 Å². The lowest BCUT2D eigenvalue weighted by molar-refractivity contribution is -0.135. The van der Waals surface area contributed by atoms with Gasteiger partial charge in [0.2, 0.25) is 11.8 Å². The van der Waals surface area contributed by atoms with Gasteiger partial charge in [-0.15, -0.1) is 0 Å². The van der Waals surface area contributed by atoms with Gasteiger partial charge in [0.1, 0.15) is 6.54 Å². The van der Waals surface area contributed by atoms with Gasteiger partial charge in [-0.3, -0.25) is 14.3 Å². The summed E-state index contributed by atoms with van der Waals surface area (Å²) in [7, 11) is 0. The molecule has 1 aliphatic heterocycles. The summed E-state index contributed by atoms with van der Waals surface area (Å²) in [6.45, 7) is 5.43. The quantitative estimate of drug-likeness (QED) is 0.793. The predicted molar refractivity (Wildman–Crippen MR) is 65.9 cm³/mol. The molecule has 0 saturated carbocycles. The van der Waals surface area contributed by atoms with Gasteiger partial charge in [-0.25, -0.2) is 0 Å². The van der Waals surface area contributed by atoms with Gasteiger partial charge in [-0.05, 0) is 26.3 Å². The molecule has 1 aromatic heterocycles. The molecular formula is C12H18N4O2. The summed E-state index contributed by atoms with van der Waals surface area (Å²) in [5, 5.41) is 7.01. The van der Waals surface area contributed by atoms with E-state index in [-0.39, 0.29) is 24.9 Å². The van der Waals surface area contributed by atoms with Crippen LogP contribution in [-0.4, -0.2) is 46.1 Å². The van der Waals surface area contributed by atoms with Crippen molar-refractivity contribution in [3.05, 3.63) is 17.5 Å². The molecule has 0 atom stereocenters. The van der Waals surface area contributed by atoms with Crippen molar-refractivity contribution < 1.29 is 9.59 Å². The number of hydrogen-bond acceptors (Lipinski definition) is 3. The number of carbonyl (C=O) groups is 2. The van der Waals surface area contributed by atoms with Crippen molar-refractivity contribution in [2.24, 2.45) is 0 Å². The van der Waals surface area contributed by atoms with E-state index in [4.69, 9.17) is 0 Å². The number of aromatic nitrogens is 2. The van der Waals surface area contributed by atoms with Crippen LogP contribution < -0.4 is 5.32 Å². The molecular weight excluding hydrogens is 232 g/mol. The van der Waals surface area contributed by atoms with Crippen LogP contribution in [0.1, 0.15) is 17.8 Å². The summed E-state index contributed by atoms with van der Waals surface area (Å²) >= 11 is 0. The number of nitrogens with one attached hydrogen (secondary N) is 1. The summed E-state index contributed by atoms with van der Waals surface area (Å²) in [6.07, 6.45) is 0.800. The highest BCUT2D eigenvalue weighted by Gasteiger charge is 2.20. The maximum absolute atomic E-state index is 12.1. The fourth-order valence-corrected chi connectivity index (χ4v) is 2.08. The Morgan fingerprint density at radius 1 is 1.50 bits per heavy atom. The molecule has 1 saturated heterocycles. The van der Waals surface area contributed by atoms with E-state index in [0.29, 0.717) is 13.1 Å². The molecule has 18 heavy (non-hydrogen) atoms. The Morgan fingerprint density at radius 2 is 2.28 bits per heavy atom. The van der Waals surface area contributed by atoms with Crippen molar-refractivity contribution in [3.8, 4) is 0 Å². The van der Waals surface area contributed by atoms with Crippen LogP contribution in [0.15, 0.2) is 6.07 Å². The summed E-state index contributed by atoms with van der Waals surface area (Å²) in [5.41, 5.74) is 1.86. The van der Waals surface area contributed by atoms with Gasteiger partial charge in [0.15, 0.2) is 0 Å². The van der Waals surface area contributed by atoms with Crippen molar-refractivity contribution in [1.29, 1.82) is 0 Å². The average molecular weight is 250 g/mol. The van der Waals surface area contributed by atoms with Crippen LogP contribution >= 0.6 is 0 Å². The normalized spacial score (nSPS) is 16.3. The monoisotopic (exact) mass is 250 g/mol. The SMILES string of the molecule is Cc1cc(C)n(CC(=O)N2CCCNC(=O)C2)n1. The lowest BCUT2D eigenvalue weighted by atomic mass is 10.3. The van der Waals surface area contributed by atoms with Crippen LogP contribution in [0.25, 0.3) is 0 Å². The first-order valence-corrected chi connectivity index (χ1v) is 6.12. The minimum atomic E-state index is -0.0887. The molecule has 2 heterocycles. The zero-order valence-corrected chi connectivity index (χ0v) is 10.8. The Hall–Kier alpha value is -1.85.